The summed E-state index contributed by atoms with van der Waals surface area (Å²) in [6, 6.07) is 3.77. The van der Waals surface area contributed by atoms with E-state index < -0.39 is 0 Å². The zero-order valence-corrected chi connectivity index (χ0v) is 10.0. The topological polar surface area (TPSA) is 45.4 Å². The van der Waals surface area contributed by atoms with E-state index in [1.54, 1.807) is 6.26 Å². The lowest BCUT2D eigenvalue weighted by molar-refractivity contribution is 0.114. The monoisotopic (exact) mass is 223 g/mol. The Morgan fingerprint density at radius 2 is 2.38 bits per heavy atom. The van der Waals surface area contributed by atoms with E-state index in [2.05, 4.69) is 19.2 Å². The summed E-state index contributed by atoms with van der Waals surface area (Å²) in [4.78, 5) is 0. The van der Waals surface area contributed by atoms with Crippen LogP contribution >= 0.6 is 0 Å². The first-order valence-corrected chi connectivity index (χ1v) is 5.83. The van der Waals surface area contributed by atoms with Crippen LogP contribution in [-0.2, 0) is 0 Å². The van der Waals surface area contributed by atoms with Crippen LogP contribution < -0.4 is 5.32 Å². The molecule has 0 aliphatic carbocycles. The second-order valence-electron chi connectivity index (χ2n) is 4.03. The highest BCUT2D eigenvalue weighted by atomic mass is 16.3. The Labute approximate surface area is 97.2 Å². The van der Waals surface area contributed by atoms with E-state index in [1.165, 1.54) is 0 Å². The molecule has 16 heavy (non-hydrogen) atoms. The number of aliphatic hydroxyl groups is 1. The third-order valence-electron chi connectivity index (χ3n) is 2.74. The molecule has 1 aromatic rings. The summed E-state index contributed by atoms with van der Waals surface area (Å²) in [6.07, 6.45) is 6.30. The highest BCUT2D eigenvalue weighted by Crippen LogP contribution is 2.06. The minimum Gasteiger partial charge on any atom is -0.465 e. The minimum atomic E-state index is -0.262. The Morgan fingerprint density at radius 1 is 1.56 bits per heavy atom. The lowest BCUT2D eigenvalue weighted by Gasteiger charge is -2.16. The molecule has 0 aromatic carbocycles. The van der Waals surface area contributed by atoms with Crippen LogP contribution in [0.1, 0.15) is 26.0 Å². The summed E-state index contributed by atoms with van der Waals surface area (Å²) in [5.74, 6) is 1.20. The van der Waals surface area contributed by atoms with Gasteiger partial charge in [-0.3, -0.25) is 0 Å². The lowest BCUT2D eigenvalue weighted by Crippen LogP contribution is -2.31. The van der Waals surface area contributed by atoms with Crippen molar-refractivity contribution in [2.45, 2.75) is 26.4 Å². The quantitative estimate of drug-likeness (QED) is 0.697. The summed E-state index contributed by atoms with van der Waals surface area (Å²) in [6.45, 7) is 5.53. The van der Waals surface area contributed by atoms with E-state index >= 15 is 0 Å². The van der Waals surface area contributed by atoms with Gasteiger partial charge >= 0.3 is 0 Å². The third kappa shape index (κ3) is 4.64. The lowest BCUT2D eigenvalue weighted by atomic mass is 10.0. The zero-order chi connectivity index (χ0) is 11.8. The van der Waals surface area contributed by atoms with Crippen LogP contribution in [0.25, 0.3) is 6.08 Å². The molecule has 0 amide bonds. The van der Waals surface area contributed by atoms with E-state index in [0.717, 1.165) is 18.7 Å². The molecule has 1 aromatic heterocycles. The van der Waals surface area contributed by atoms with E-state index in [9.17, 15) is 5.11 Å². The number of hydrogen-bond donors (Lipinski definition) is 2. The molecular weight excluding hydrogens is 202 g/mol. The molecule has 0 fully saturated rings. The minimum absolute atomic E-state index is 0.262. The molecule has 0 aliphatic heterocycles. The standard InChI is InChI=1S/C13H21NO2/c1-3-11(2)13(15)10-14-8-4-6-12-7-5-9-16-12/h4-7,9,11,13-15H,3,8,10H2,1-2H3/b6-4+. The van der Waals surface area contributed by atoms with Gasteiger partial charge in [-0.15, -0.1) is 0 Å². The highest BCUT2D eigenvalue weighted by molar-refractivity contribution is 5.42. The molecule has 1 heterocycles. The van der Waals surface area contributed by atoms with Gasteiger partial charge in [-0.2, -0.15) is 0 Å². The molecular formula is C13H21NO2. The fourth-order valence-corrected chi connectivity index (χ4v) is 1.35. The van der Waals surface area contributed by atoms with Gasteiger partial charge in [-0.05, 0) is 24.1 Å². The van der Waals surface area contributed by atoms with E-state index in [-0.39, 0.29) is 6.10 Å². The maximum atomic E-state index is 9.70. The second kappa shape index (κ2) is 7.25. The van der Waals surface area contributed by atoms with Crippen molar-refractivity contribution in [1.82, 2.24) is 5.32 Å². The molecule has 0 saturated heterocycles. The zero-order valence-electron chi connectivity index (χ0n) is 10.0. The second-order valence-corrected chi connectivity index (χ2v) is 4.03. The van der Waals surface area contributed by atoms with Crippen molar-refractivity contribution in [2.75, 3.05) is 13.1 Å². The summed E-state index contributed by atoms with van der Waals surface area (Å²) >= 11 is 0. The van der Waals surface area contributed by atoms with Crippen LogP contribution in [0.2, 0.25) is 0 Å². The Morgan fingerprint density at radius 3 is 3.00 bits per heavy atom. The first-order chi connectivity index (χ1) is 7.74. The fourth-order valence-electron chi connectivity index (χ4n) is 1.35. The summed E-state index contributed by atoms with van der Waals surface area (Å²) < 4.78 is 5.15. The first-order valence-electron chi connectivity index (χ1n) is 5.83. The molecule has 3 nitrogen and oxygen atoms in total. The molecule has 90 valence electrons. The predicted octanol–water partition coefficient (Wildman–Crippen LogP) is 2.29. The fraction of sp³-hybridized carbons (Fsp3) is 0.538. The number of rotatable bonds is 7. The Balaban J connectivity index is 2.12. The molecule has 0 saturated carbocycles. The van der Waals surface area contributed by atoms with Gasteiger partial charge in [0.25, 0.3) is 0 Å². The predicted molar refractivity (Wildman–Crippen MR) is 66.1 cm³/mol. The van der Waals surface area contributed by atoms with Crippen LogP contribution in [0.15, 0.2) is 28.9 Å². The van der Waals surface area contributed by atoms with Gasteiger partial charge in [0.05, 0.1) is 12.4 Å². The summed E-state index contributed by atoms with van der Waals surface area (Å²) in [5.41, 5.74) is 0. The highest BCUT2D eigenvalue weighted by Gasteiger charge is 2.10. The van der Waals surface area contributed by atoms with Crippen molar-refractivity contribution in [2.24, 2.45) is 5.92 Å². The van der Waals surface area contributed by atoms with Gasteiger partial charge in [0.15, 0.2) is 0 Å². The van der Waals surface area contributed by atoms with Crippen molar-refractivity contribution >= 4 is 6.08 Å². The SMILES string of the molecule is CCC(C)C(O)CNC/C=C/c1ccco1. The normalized spacial score (nSPS) is 15.4. The van der Waals surface area contributed by atoms with Gasteiger partial charge in [-0.1, -0.05) is 26.3 Å². The summed E-state index contributed by atoms with van der Waals surface area (Å²) in [5, 5.41) is 12.9. The molecule has 2 unspecified atom stereocenters. The van der Waals surface area contributed by atoms with Crippen molar-refractivity contribution in [3.05, 3.63) is 30.2 Å². The van der Waals surface area contributed by atoms with Crippen molar-refractivity contribution < 1.29 is 9.52 Å². The Kier molecular flexibility index (Phi) is 5.90. The Bertz CT molecular complexity index is 293. The smallest absolute Gasteiger partial charge is 0.126 e. The van der Waals surface area contributed by atoms with Crippen LogP contribution in [0.5, 0.6) is 0 Å². The number of nitrogens with one attached hydrogen (secondary N) is 1. The van der Waals surface area contributed by atoms with Crippen molar-refractivity contribution in [1.29, 1.82) is 0 Å². The molecule has 1 rings (SSSR count). The first kappa shape index (κ1) is 13.0. The molecule has 2 atom stereocenters. The molecule has 0 aliphatic rings. The van der Waals surface area contributed by atoms with Crippen molar-refractivity contribution in [3.63, 3.8) is 0 Å². The summed E-state index contributed by atoms with van der Waals surface area (Å²) in [7, 11) is 0. The number of hydrogen-bond acceptors (Lipinski definition) is 3. The van der Waals surface area contributed by atoms with Gasteiger partial charge in [0.1, 0.15) is 5.76 Å². The van der Waals surface area contributed by atoms with E-state index in [0.29, 0.717) is 12.5 Å². The van der Waals surface area contributed by atoms with Gasteiger partial charge in [-0.25, -0.2) is 0 Å². The van der Waals surface area contributed by atoms with Crippen LogP contribution in [-0.4, -0.2) is 24.3 Å². The van der Waals surface area contributed by atoms with E-state index in [4.69, 9.17) is 4.42 Å². The molecule has 0 radical (unpaired) electrons. The maximum absolute atomic E-state index is 9.70. The van der Waals surface area contributed by atoms with Crippen LogP contribution in [0.3, 0.4) is 0 Å². The maximum Gasteiger partial charge on any atom is 0.126 e. The van der Waals surface area contributed by atoms with Crippen LogP contribution in [0.4, 0.5) is 0 Å². The molecule has 0 spiro atoms. The number of aliphatic hydroxyl groups excluding tert-OH is 1. The van der Waals surface area contributed by atoms with Gasteiger partial charge in [0.2, 0.25) is 0 Å². The van der Waals surface area contributed by atoms with Crippen LogP contribution in [0, 0.1) is 5.92 Å². The van der Waals surface area contributed by atoms with E-state index in [1.807, 2.05) is 24.3 Å². The van der Waals surface area contributed by atoms with Crippen molar-refractivity contribution in [3.8, 4) is 0 Å². The Hall–Kier alpha value is -1.06. The third-order valence-corrected chi connectivity index (χ3v) is 2.74. The number of furan rings is 1. The molecule has 0 bridgehead atoms. The molecule has 2 N–H and O–H groups in total. The molecule has 3 heteroatoms. The average Bonchev–Trinajstić information content (AvgIpc) is 2.80. The largest absolute Gasteiger partial charge is 0.465 e. The average molecular weight is 223 g/mol. The van der Waals surface area contributed by atoms with Gasteiger partial charge in [0, 0.05) is 13.1 Å². The van der Waals surface area contributed by atoms with Gasteiger partial charge < -0.3 is 14.8 Å².